The Bertz CT molecular complexity index is 1170. The largest absolute Gasteiger partial charge is 0.283 e. The van der Waals surface area contributed by atoms with Crippen molar-refractivity contribution in [3.8, 4) is 0 Å². The second-order valence-electron chi connectivity index (χ2n) is 7.37. The number of nitrogens with zero attached hydrogens (tertiary/aromatic N) is 3. The summed E-state index contributed by atoms with van der Waals surface area (Å²) in [5, 5.41) is 0.730. The van der Waals surface area contributed by atoms with Crippen LogP contribution >= 0.6 is 11.3 Å². The molecule has 2 aromatic heterocycles. The Hall–Kier alpha value is -3.05. The van der Waals surface area contributed by atoms with Crippen molar-refractivity contribution in [1.82, 2.24) is 9.97 Å². The predicted octanol–water partition coefficient (Wildman–Crippen LogP) is 5.39. The summed E-state index contributed by atoms with van der Waals surface area (Å²) in [5.41, 5.74) is 6.41. The minimum atomic E-state index is 0.0410. The van der Waals surface area contributed by atoms with Crippen molar-refractivity contribution in [2.24, 2.45) is 0 Å². The quantitative estimate of drug-likeness (QED) is 0.450. The number of para-hydroxylation sites is 1. The van der Waals surface area contributed by atoms with Crippen LogP contribution in [0.15, 0.2) is 60.9 Å². The van der Waals surface area contributed by atoms with E-state index in [2.05, 4.69) is 56.1 Å². The smallest absolute Gasteiger partial charge is 0.233 e. The van der Waals surface area contributed by atoms with Crippen molar-refractivity contribution >= 4 is 32.6 Å². The number of hydrogen-bond acceptors (Lipinski definition) is 4. The fraction of sp³-hybridized carbons (Fsp3) is 0.208. The van der Waals surface area contributed by atoms with E-state index in [9.17, 15) is 4.79 Å². The number of rotatable bonds is 5. The second kappa shape index (κ2) is 8.13. The molecule has 0 N–H and O–H groups in total. The van der Waals surface area contributed by atoms with Gasteiger partial charge < -0.3 is 0 Å². The fourth-order valence-corrected chi connectivity index (χ4v) is 4.44. The SMILES string of the molecule is Cc1ccc(C)c(CC(=O)N(Cc2cccnc2)c2nc3c(C)cccc3s2)c1. The van der Waals surface area contributed by atoms with Gasteiger partial charge in [-0.2, -0.15) is 0 Å². The first kappa shape index (κ1) is 19.3. The van der Waals surface area contributed by atoms with E-state index in [0.717, 1.165) is 43.2 Å². The second-order valence-corrected chi connectivity index (χ2v) is 8.38. The molecule has 2 aromatic carbocycles. The summed E-state index contributed by atoms with van der Waals surface area (Å²) >= 11 is 1.56. The molecule has 0 aliphatic carbocycles. The topological polar surface area (TPSA) is 46.1 Å². The van der Waals surface area contributed by atoms with Gasteiger partial charge in [0, 0.05) is 12.4 Å². The van der Waals surface area contributed by atoms with Gasteiger partial charge in [0.2, 0.25) is 5.91 Å². The third kappa shape index (κ3) is 4.20. The van der Waals surface area contributed by atoms with E-state index in [1.54, 1.807) is 28.6 Å². The van der Waals surface area contributed by atoms with Gasteiger partial charge in [-0.25, -0.2) is 4.98 Å². The van der Waals surface area contributed by atoms with Crippen LogP contribution in [0.2, 0.25) is 0 Å². The zero-order valence-electron chi connectivity index (χ0n) is 16.8. The lowest BCUT2D eigenvalue weighted by atomic mass is 10.0. The molecule has 0 unspecified atom stereocenters. The Balaban J connectivity index is 1.72. The van der Waals surface area contributed by atoms with Crippen molar-refractivity contribution in [3.05, 3.63) is 88.7 Å². The highest BCUT2D eigenvalue weighted by Gasteiger charge is 2.21. The summed E-state index contributed by atoms with van der Waals surface area (Å²) in [6.45, 7) is 6.61. The number of carbonyl (C=O) groups is 1. The van der Waals surface area contributed by atoms with Gasteiger partial charge in [-0.1, -0.05) is 53.3 Å². The van der Waals surface area contributed by atoms with Crippen LogP contribution < -0.4 is 4.90 Å². The van der Waals surface area contributed by atoms with Gasteiger partial charge in [-0.15, -0.1) is 0 Å². The highest BCUT2D eigenvalue weighted by molar-refractivity contribution is 7.22. The van der Waals surface area contributed by atoms with Gasteiger partial charge in [-0.05, 0) is 55.2 Å². The Labute approximate surface area is 174 Å². The zero-order chi connectivity index (χ0) is 20.4. The molecule has 4 aromatic rings. The standard InChI is InChI=1S/C24H23N3OS/c1-16-9-10-17(2)20(12-16)13-22(28)27(15-19-7-5-11-25-14-19)24-26-23-18(3)6-4-8-21(23)29-24/h4-12,14H,13,15H2,1-3H3. The monoisotopic (exact) mass is 401 g/mol. The van der Waals surface area contributed by atoms with Crippen molar-refractivity contribution in [2.45, 2.75) is 33.7 Å². The van der Waals surface area contributed by atoms with Gasteiger partial charge in [0.25, 0.3) is 0 Å². The molecule has 0 aliphatic heterocycles. The molecule has 0 fully saturated rings. The maximum Gasteiger partial charge on any atom is 0.233 e. The maximum atomic E-state index is 13.4. The van der Waals surface area contributed by atoms with E-state index in [1.807, 2.05) is 18.2 Å². The van der Waals surface area contributed by atoms with Crippen molar-refractivity contribution < 1.29 is 4.79 Å². The average Bonchev–Trinajstić information content (AvgIpc) is 3.15. The molecule has 29 heavy (non-hydrogen) atoms. The number of carbonyl (C=O) groups excluding carboxylic acids is 1. The summed E-state index contributed by atoms with van der Waals surface area (Å²) in [4.78, 5) is 24.2. The molecular weight excluding hydrogens is 378 g/mol. The molecule has 0 aliphatic rings. The highest BCUT2D eigenvalue weighted by atomic mass is 32.1. The van der Waals surface area contributed by atoms with Crippen molar-refractivity contribution in [3.63, 3.8) is 0 Å². The summed E-state index contributed by atoms with van der Waals surface area (Å²) in [6.07, 6.45) is 3.90. The molecule has 2 heterocycles. The molecule has 0 atom stereocenters. The summed E-state index contributed by atoms with van der Waals surface area (Å²) in [6, 6.07) is 16.3. The van der Waals surface area contributed by atoms with Crippen LogP contribution in [0.4, 0.5) is 5.13 Å². The van der Waals surface area contributed by atoms with E-state index in [1.165, 1.54) is 0 Å². The van der Waals surface area contributed by atoms with Gasteiger partial charge in [-0.3, -0.25) is 14.7 Å². The molecular formula is C24H23N3OS. The Morgan fingerprint density at radius 1 is 1.03 bits per heavy atom. The van der Waals surface area contributed by atoms with Gasteiger partial charge in [0.05, 0.1) is 23.2 Å². The number of hydrogen-bond donors (Lipinski definition) is 0. The lowest BCUT2D eigenvalue weighted by Crippen LogP contribution is -2.32. The van der Waals surface area contributed by atoms with Gasteiger partial charge >= 0.3 is 0 Å². The third-order valence-corrected chi connectivity index (χ3v) is 6.09. The zero-order valence-corrected chi connectivity index (χ0v) is 17.7. The molecule has 0 radical (unpaired) electrons. The first-order valence-electron chi connectivity index (χ1n) is 9.63. The molecule has 5 heteroatoms. The van der Waals surface area contributed by atoms with Crippen LogP contribution in [0.5, 0.6) is 0 Å². The number of thiazole rings is 1. The number of anilines is 1. The van der Waals surface area contributed by atoms with E-state index in [0.29, 0.717) is 13.0 Å². The lowest BCUT2D eigenvalue weighted by Gasteiger charge is -2.20. The third-order valence-electron chi connectivity index (χ3n) is 5.05. The van der Waals surface area contributed by atoms with Crippen LogP contribution in [-0.2, 0) is 17.8 Å². The first-order chi connectivity index (χ1) is 14.0. The summed E-state index contributed by atoms with van der Waals surface area (Å²) in [5.74, 6) is 0.0410. The first-order valence-corrected chi connectivity index (χ1v) is 10.4. The minimum Gasteiger partial charge on any atom is -0.283 e. The normalized spacial score (nSPS) is 11.0. The summed E-state index contributed by atoms with van der Waals surface area (Å²) in [7, 11) is 0. The molecule has 1 amide bonds. The Morgan fingerprint density at radius 3 is 2.66 bits per heavy atom. The van der Waals surface area contributed by atoms with E-state index < -0.39 is 0 Å². The fourth-order valence-electron chi connectivity index (χ4n) is 3.38. The molecule has 0 spiro atoms. The highest BCUT2D eigenvalue weighted by Crippen LogP contribution is 2.32. The van der Waals surface area contributed by atoms with Crippen LogP contribution in [0.3, 0.4) is 0 Å². The number of aryl methyl sites for hydroxylation is 3. The van der Waals surface area contributed by atoms with E-state index in [4.69, 9.17) is 4.98 Å². The molecule has 4 rings (SSSR count). The van der Waals surface area contributed by atoms with E-state index in [-0.39, 0.29) is 5.91 Å². The van der Waals surface area contributed by atoms with Crippen LogP contribution in [0.1, 0.15) is 27.8 Å². The number of pyridine rings is 1. The molecule has 0 bridgehead atoms. The van der Waals surface area contributed by atoms with Crippen molar-refractivity contribution in [1.29, 1.82) is 0 Å². The molecule has 0 saturated carbocycles. The lowest BCUT2D eigenvalue weighted by molar-refractivity contribution is -0.118. The number of benzene rings is 2. The van der Waals surface area contributed by atoms with Crippen LogP contribution in [0, 0.1) is 20.8 Å². The number of fused-ring (bicyclic) bond motifs is 1. The molecule has 0 saturated heterocycles. The summed E-state index contributed by atoms with van der Waals surface area (Å²) < 4.78 is 1.09. The number of amides is 1. The van der Waals surface area contributed by atoms with Crippen LogP contribution in [-0.4, -0.2) is 15.9 Å². The Morgan fingerprint density at radius 2 is 1.90 bits per heavy atom. The predicted molar refractivity (Wildman–Crippen MR) is 119 cm³/mol. The molecule has 146 valence electrons. The van der Waals surface area contributed by atoms with Gasteiger partial charge in [0.1, 0.15) is 0 Å². The average molecular weight is 402 g/mol. The molecule has 4 nitrogen and oxygen atoms in total. The number of aromatic nitrogens is 2. The van der Waals surface area contributed by atoms with Crippen LogP contribution in [0.25, 0.3) is 10.2 Å². The van der Waals surface area contributed by atoms with E-state index >= 15 is 0 Å². The Kier molecular flexibility index (Phi) is 5.41. The maximum absolute atomic E-state index is 13.4. The minimum absolute atomic E-state index is 0.0410. The van der Waals surface area contributed by atoms with Crippen molar-refractivity contribution in [2.75, 3.05) is 4.90 Å². The van der Waals surface area contributed by atoms with Gasteiger partial charge in [0.15, 0.2) is 5.13 Å².